The number of rotatable bonds is 5. The van der Waals surface area contributed by atoms with Crippen molar-refractivity contribution in [3.05, 3.63) is 33.8 Å². The number of halogens is 2. The minimum absolute atomic E-state index is 0.241. The molecule has 1 unspecified atom stereocenters. The van der Waals surface area contributed by atoms with Crippen LogP contribution >= 0.6 is 23.2 Å². The summed E-state index contributed by atoms with van der Waals surface area (Å²) in [5.41, 5.74) is 1.41. The van der Waals surface area contributed by atoms with Gasteiger partial charge in [-0.15, -0.1) is 0 Å². The number of hydrogen-bond acceptors (Lipinski definition) is 1. The van der Waals surface area contributed by atoms with E-state index >= 15 is 0 Å². The van der Waals surface area contributed by atoms with Gasteiger partial charge in [0.25, 0.3) is 0 Å². The van der Waals surface area contributed by atoms with Gasteiger partial charge in [0.1, 0.15) is 0 Å². The van der Waals surface area contributed by atoms with Crippen LogP contribution in [0.25, 0.3) is 0 Å². The molecule has 3 heteroatoms. The maximum absolute atomic E-state index is 6.18. The summed E-state index contributed by atoms with van der Waals surface area (Å²) < 4.78 is 0. The largest absolute Gasteiger partial charge is 0.310 e. The van der Waals surface area contributed by atoms with Gasteiger partial charge in [-0.1, -0.05) is 50.0 Å². The fraction of sp³-hybridized carbons (Fsp3) is 0.571. The van der Waals surface area contributed by atoms with Crippen molar-refractivity contribution in [2.45, 2.75) is 40.2 Å². The molecular weight excluding hydrogens is 253 g/mol. The van der Waals surface area contributed by atoms with Crippen LogP contribution < -0.4 is 5.32 Å². The van der Waals surface area contributed by atoms with E-state index in [2.05, 4.69) is 33.0 Å². The van der Waals surface area contributed by atoms with E-state index in [0.717, 1.165) is 23.6 Å². The first-order valence-corrected chi connectivity index (χ1v) is 6.79. The zero-order valence-corrected chi connectivity index (χ0v) is 12.5. The third-order valence-electron chi connectivity index (χ3n) is 3.27. The lowest BCUT2D eigenvalue weighted by molar-refractivity contribution is 0.314. The highest BCUT2D eigenvalue weighted by Gasteiger charge is 2.17. The van der Waals surface area contributed by atoms with Gasteiger partial charge in [0.15, 0.2) is 0 Å². The lowest BCUT2D eigenvalue weighted by atomic mass is 9.90. The molecule has 0 heterocycles. The Morgan fingerprint density at radius 1 is 1.29 bits per heavy atom. The van der Waals surface area contributed by atoms with E-state index in [1.807, 2.05) is 12.1 Å². The van der Waals surface area contributed by atoms with Gasteiger partial charge in [0.05, 0.1) is 0 Å². The molecule has 0 aromatic heterocycles. The monoisotopic (exact) mass is 273 g/mol. The number of nitrogens with one attached hydrogen (secondary N) is 1. The maximum atomic E-state index is 6.18. The van der Waals surface area contributed by atoms with E-state index < -0.39 is 0 Å². The highest BCUT2D eigenvalue weighted by atomic mass is 35.5. The summed E-state index contributed by atoms with van der Waals surface area (Å²) in [5.74, 6) is 0. The Bertz CT molecular complexity index is 374. The molecule has 0 spiro atoms. The second-order valence-electron chi connectivity index (χ2n) is 5.29. The molecule has 0 saturated carbocycles. The molecule has 1 aromatic rings. The molecule has 0 fully saturated rings. The van der Waals surface area contributed by atoms with E-state index in [1.165, 1.54) is 0 Å². The molecule has 0 aliphatic carbocycles. The molecule has 17 heavy (non-hydrogen) atoms. The molecule has 0 aliphatic rings. The topological polar surface area (TPSA) is 12.0 Å². The lowest BCUT2D eigenvalue weighted by Crippen LogP contribution is -2.30. The zero-order chi connectivity index (χ0) is 13.1. The summed E-state index contributed by atoms with van der Waals surface area (Å²) in [7, 11) is 0. The van der Waals surface area contributed by atoms with Crippen LogP contribution in [0.4, 0.5) is 0 Å². The predicted octanol–water partition coefficient (Wildman–Crippen LogP) is 5.08. The highest BCUT2D eigenvalue weighted by Crippen LogP contribution is 2.27. The van der Waals surface area contributed by atoms with Gasteiger partial charge in [-0.25, -0.2) is 0 Å². The molecule has 1 rings (SSSR count). The minimum atomic E-state index is 0.241. The summed E-state index contributed by atoms with van der Waals surface area (Å²) >= 11 is 12.1. The Labute approximate surface area is 115 Å². The summed E-state index contributed by atoms with van der Waals surface area (Å²) in [6, 6.07) is 5.90. The summed E-state index contributed by atoms with van der Waals surface area (Å²) in [5, 5.41) is 4.93. The van der Waals surface area contributed by atoms with Gasteiger partial charge in [0, 0.05) is 22.6 Å². The van der Waals surface area contributed by atoms with Crippen molar-refractivity contribution in [3.8, 4) is 0 Å². The molecule has 0 radical (unpaired) electrons. The SMILES string of the molecule is CCC(C)(C)CNC(C)c1ccc(Cl)cc1Cl. The molecule has 1 atom stereocenters. The second kappa shape index (κ2) is 6.08. The van der Waals surface area contributed by atoms with Crippen molar-refractivity contribution in [2.24, 2.45) is 5.41 Å². The molecule has 96 valence electrons. The summed E-state index contributed by atoms with van der Waals surface area (Å²) in [4.78, 5) is 0. The Morgan fingerprint density at radius 2 is 1.94 bits per heavy atom. The van der Waals surface area contributed by atoms with Gasteiger partial charge in [0.2, 0.25) is 0 Å². The van der Waals surface area contributed by atoms with Gasteiger partial charge in [-0.05, 0) is 36.5 Å². The van der Waals surface area contributed by atoms with Gasteiger partial charge in [-0.2, -0.15) is 0 Å². The molecule has 1 nitrogen and oxygen atoms in total. The fourth-order valence-corrected chi connectivity index (χ4v) is 2.09. The van der Waals surface area contributed by atoms with Crippen LogP contribution in [0, 0.1) is 5.41 Å². The quantitative estimate of drug-likeness (QED) is 0.789. The predicted molar refractivity (Wildman–Crippen MR) is 77.0 cm³/mol. The average molecular weight is 274 g/mol. The number of hydrogen-bond donors (Lipinski definition) is 1. The Kier molecular flexibility index (Phi) is 5.30. The third kappa shape index (κ3) is 4.50. The van der Waals surface area contributed by atoms with Crippen molar-refractivity contribution < 1.29 is 0 Å². The summed E-state index contributed by atoms with van der Waals surface area (Å²) in [6.45, 7) is 9.83. The molecule has 0 saturated heterocycles. The van der Waals surface area contributed by atoms with Crippen molar-refractivity contribution in [1.82, 2.24) is 5.32 Å². The Morgan fingerprint density at radius 3 is 2.47 bits per heavy atom. The first-order chi connectivity index (χ1) is 7.85. The first-order valence-electron chi connectivity index (χ1n) is 6.04. The van der Waals surface area contributed by atoms with Crippen LogP contribution in [0.1, 0.15) is 45.7 Å². The van der Waals surface area contributed by atoms with E-state index in [4.69, 9.17) is 23.2 Å². The van der Waals surface area contributed by atoms with Gasteiger partial charge in [-0.3, -0.25) is 0 Å². The van der Waals surface area contributed by atoms with Crippen LogP contribution in [0.5, 0.6) is 0 Å². The maximum Gasteiger partial charge on any atom is 0.0468 e. The average Bonchev–Trinajstić information content (AvgIpc) is 2.26. The molecule has 0 bridgehead atoms. The van der Waals surface area contributed by atoms with Crippen LogP contribution in [-0.4, -0.2) is 6.54 Å². The Balaban J connectivity index is 2.67. The summed E-state index contributed by atoms with van der Waals surface area (Å²) in [6.07, 6.45) is 1.15. The van der Waals surface area contributed by atoms with Gasteiger partial charge < -0.3 is 5.32 Å². The van der Waals surface area contributed by atoms with Crippen molar-refractivity contribution >= 4 is 23.2 Å². The van der Waals surface area contributed by atoms with E-state index in [-0.39, 0.29) is 6.04 Å². The third-order valence-corrected chi connectivity index (χ3v) is 3.84. The lowest BCUT2D eigenvalue weighted by Gasteiger charge is -2.26. The van der Waals surface area contributed by atoms with Crippen LogP contribution in [0.15, 0.2) is 18.2 Å². The second-order valence-corrected chi connectivity index (χ2v) is 6.13. The molecular formula is C14H21Cl2N. The van der Waals surface area contributed by atoms with Crippen LogP contribution in [0.2, 0.25) is 10.0 Å². The number of benzene rings is 1. The fourth-order valence-electron chi connectivity index (χ4n) is 1.52. The normalized spacial score (nSPS) is 13.8. The first kappa shape index (κ1) is 14.8. The molecule has 0 aliphatic heterocycles. The van der Waals surface area contributed by atoms with Crippen molar-refractivity contribution in [1.29, 1.82) is 0 Å². The zero-order valence-electron chi connectivity index (χ0n) is 11.0. The van der Waals surface area contributed by atoms with Crippen molar-refractivity contribution in [3.63, 3.8) is 0 Å². The van der Waals surface area contributed by atoms with Crippen molar-refractivity contribution in [2.75, 3.05) is 6.54 Å². The molecule has 1 aromatic carbocycles. The highest BCUT2D eigenvalue weighted by molar-refractivity contribution is 6.35. The smallest absolute Gasteiger partial charge is 0.0468 e. The van der Waals surface area contributed by atoms with E-state index in [1.54, 1.807) is 6.07 Å². The van der Waals surface area contributed by atoms with Crippen LogP contribution in [-0.2, 0) is 0 Å². The van der Waals surface area contributed by atoms with E-state index in [9.17, 15) is 0 Å². The standard InChI is InChI=1S/C14H21Cl2N/c1-5-14(3,4)9-17-10(2)12-7-6-11(15)8-13(12)16/h6-8,10,17H,5,9H2,1-4H3. The van der Waals surface area contributed by atoms with E-state index in [0.29, 0.717) is 10.4 Å². The minimum Gasteiger partial charge on any atom is -0.310 e. The van der Waals surface area contributed by atoms with Crippen LogP contribution in [0.3, 0.4) is 0 Å². The van der Waals surface area contributed by atoms with Gasteiger partial charge >= 0.3 is 0 Å². The Hall–Kier alpha value is -0.240. The molecule has 0 amide bonds. The molecule has 1 N–H and O–H groups in total.